The molecule has 124 valence electrons. The molecule has 0 unspecified atom stereocenters. The van der Waals surface area contributed by atoms with Crippen LogP contribution in [-0.4, -0.2) is 60.2 Å². The van der Waals surface area contributed by atoms with E-state index in [0.717, 1.165) is 44.1 Å². The average molecular weight is 318 g/mol. The Labute approximate surface area is 134 Å². The molecule has 23 heavy (non-hydrogen) atoms. The monoisotopic (exact) mass is 318 g/mol. The summed E-state index contributed by atoms with van der Waals surface area (Å²) in [6.07, 6.45) is 5.52. The van der Waals surface area contributed by atoms with E-state index in [0.29, 0.717) is 12.5 Å². The molecule has 1 saturated heterocycles. The number of likely N-dealkylation sites (tertiary alicyclic amines) is 1. The Morgan fingerprint density at radius 1 is 1.35 bits per heavy atom. The molecule has 2 aromatic rings. The molecule has 2 aromatic heterocycles. The highest BCUT2D eigenvalue weighted by atomic mass is 16.4. The highest BCUT2D eigenvalue weighted by Crippen LogP contribution is 2.27. The van der Waals surface area contributed by atoms with Crippen LogP contribution in [0.4, 0.5) is 0 Å². The lowest BCUT2D eigenvalue weighted by atomic mass is 9.96. The van der Waals surface area contributed by atoms with E-state index >= 15 is 0 Å². The van der Waals surface area contributed by atoms with Gasteiger partial charge in [0, 0.05) is 24.9 Å². The van der Waals surface area contributed by atoms with Crippen molar-refractivity contribution in [1.82, 2.24) is 29.4 Å². The molecule has 3 heterocycles. The first-order valence-electron chi connectivity index (χ1n) is 8.01. The molecule has 0 spiro atoms. The van der Waals surface area contributed by atoms with E-state index in [1.807, 2.05) is 21.8 Å². The summed E-state index contributed by atoms with van der Waals surface area (Å²) in [6.45, 7) is 5.25. The molecule has 0 aromatic carbocycles. The minimum Gasteiger partial charge on any atom is -0.480 e. The molecule has 8 nitrogen and oxygen atoms in total. The number of carboxylic acid groups (broad SMARTS) is 1. The topological polar surface area (TPSA) is 89.1 Å². The van der Waals surface area contributed by atoms with Gasteiger partial charge in [0.2, 0.25) is 0 Å². The predicted octanol–water partition coefficient (Wildman–Crippen LogP) is 0.807. The number of carbonyl (C=O) groups is 1. The normalized spacial score (nSPS) is 16.7. The molecule has 1 aliphatic heterocycles. The van der Waals surface area contributed by atoms with Crippen molar-refractivity contribution in [2.45, 2.75) is 38.8 Å². The van der Waals surface area contributed by atoms with Gasteiger partial charge in [-0.3, -0.25) is 14.4 Å². The Bertz CT molecular complexity index is 643. The van der Waals surface area contributed by atoms with Crippen LogP contribution in [0, 0.1) is 0 Å². The standard InChI is InChI=1S/C15H22N6O2/c1-2-21-13(10-20-7-3-6-16-20)17-18-15(21)12-4-8-19(9-5-12)11-14(22)23/h3,6-7,12H,2,4-5,8-11H2,1H3,(H,22,23). The summed E-state index contributed by atoms with van der Waals surface area (Å²) < 4.78 is 4.01. The largest absolute Gasteiger partial charge is 0.480 e. The Morgan fingerprint density at radius 2 is 2.13 bits per heavy atom. The van der Waals surface area contributed by atoms with Crippen molar-refractivity contribution < 1.29 is 9.90 Å². The van der Waals surface area contributed by atoms with Crippen molar-refractivity contribution in [3.05, 3.63) is 30.1 Å². The van der Waals surface area contributed by atoms with Gasteiger partial charge < -0.3 is 9.67 Å². The Balaban J connectivity index is 1.69. The van der Waals surface area contributed by atoms with Gasteiger partial charge in [0.25, 0.3) is 0 Å². The zero-order valence-electron chi connectivity index (χ0n) is 13.3. The molecule has 0 atom stereocenters. The fourth-order valence-electron chi connectivity index (χ4n) is 3.19. The first-order chi connectivity index (χ1) is 11.2. The van der Waals surface area contributed by atoms with Gasteiger partial charge in [-0.2, -0.15) is 5.10 Å². The van der Waals surface area contributed by atoms with Crippen LogP contribution in [0.2, 0.25) is 0 Å². The van der Waals surface area contributed by atoms with Crippen LogP contribution in [-0.2, 0) is 17.9 Å². The summed E-state index contributed by atoms with van der Waals surface area (Å²) in [4.78, 5) is 12.8. The van der Waals surface area contributed by atoms with Gasteiger partial charge in [0.1, 0.15) is 12.4 Å². The molecule has 0 amide bonds. The number of aliphatic carboxylic acids is 1. The van der Waals surface area contributed by atoms with E-state index in [4.69, 9.17) is 5.11 Å². The summed E-state index contributed by atoms with van der Waals surface area (Å²) >= 11 is 0. The molecule has 0 radical (unpaired) electrons. The van der Waals surface area contributed by atoms with E-state index in [9.17, 15) is 4.79 Å². The fraction of sp³-hybridized carbons (Fsp3) is 0.600. The van der Waals surface area contributed by atoms with Crippen LogP contribution in [0.1, 0.15) is 37.3 Å². The van der Waals surface area contributed by atoms with E-state index in [2.05, 4.69) is 26.8 Å². The van der Waals surface area contributed by atoms with Crippen LogP contribution in [0.15, 0.2) is 18.5 Å². The molecule has 0 aliphatic carbocycles. The third-order valence-corrected chi connectivity index (χ3v) is 4.35. The molecular formula is C15H22N6O2. The Morgan fingerprint density at radius 3 is 2.74 bits per heavy atom. The second kappa shape index (κ2) is 6.91. The van der Waals surface area contributed by atoms with Crippen molar-refractivity contribution >= 4 is 5.97 Å². The van der Waals surface area contributed by atoms with Crippen LogP contribution < -0.4 is 0 Å². The zero-order chi connectivity index (χ0) is 16.2. The van der Waals surface area contributed by atoms with Crippen LogP contribution in [0.5, 0.6) is 0 Å². The van der Waals surface area contributed by atoms with Gasteiger partial charge in [-0.15, -0.1) is 10.2 Å². The fourth-order valence-corrected chi connectivity index (χ4v) is 3.19. The van der Waals surface area contributed by atoms with E-state index in [1.54, 1.807) is 6.20 Å². The summed E-state index contributed by atoms with van der Waals surface area (Å²) in [5.74, 6) is 1.52. The third-order valence-electron chi connectivity index (χ3n) is 4.35. The summed E-state index contributed by atoms with van der Waals surface area (Å²) in [7, 11) is 0. The van der Waals surface area contributed by atoms with Crippen LogP contribution in [0.3, 0.4) is 0 Å². The molecule has 1 aliphatic rings. The lowest BCUT2D eigenvalue weighted by Crippen LogP contribution is -2.37. The molecule has 0 saturated carbocycles. The number of aromatic nitrogens is 5. The van der Waals surface area contributed by atoms with Crippen LogP contribution in [0.25, 0.3) is 0 Å². The second-order valence-corrected chi connectivity index (χ2v) is 5.87. The maximum atomic E-state index is 10.8. The summed E-state index contributed by atoms with van der Waals surface area (Å²) in [5.41, 5.74) is 0. The number of hydrogen-bond donors (Lipinski definition) is 1. The Hall–Kier alpha value is -2.22. The average Bonchev–Trinajstić information content (AvgIpc) is 3.17. The number of carboxylic acids is 1. The van der Waals surface area contributed by atoms with Gasteiger partial charge in [-0.05, 0) is 38.9 Å². The number of nitrogens with zero attached hydrogens (tertiary/aromatic N) is 6. The van der Waals surface area contributed by atoms with Crippen molar-refractivity contribution in [3.63, 3.8) is 0 Å². The lowest BCUT2D eigenvalue weighted by molar-refractivity contribution is -0.138. The van der Waals surface area contributed by atoms with Crippen molar-refractivity contribution in [3.8, 4) is 0 Å². The quantitative estimate of drug-likeness (QED) is 0.848. The van der Waals surface area contributed by atoms with E-state index in [-0.39, 0.29) is 6.54 Å². The Kier molecular flexibility index (Phi) is 4.71. The van der Waals surface area contributed by atoms with E-state index in [1.165, 1.54) is 0 Å². The number of hydrogen-bond acceptors (Lipinski definition) is 5. The number of rotatable bonds is 6. The van der Waals surface area contributed by atoms with E-state index < -0.39 is 5.97 Å². The van der Waals surface area contributed by atoms with Crippen molar-refractivity contribution in [2.75, 3.05) is 19.6 Å². The van der Waals surface area contributed by atoms with Crippen molar-refractivity contribution in [2.24, 2.45) is 0 Å². The van der Waals surface area contributed by atoms with Crippen molar-refractivity contribution in [1.29, 1.82) is 0 Å². The molecule has 1 fully saturated rings. The lowest BCUT2D eigenvalue weighted by Gasteiger charge is -2.30. The molecule has 1 N–H and O–H groups in total. The minimum atomic E-state index is -0.762. The smallest absolute Gasteiger partial charge is 0.317 e. The third kappa shape index (κ3) is 3.58. The number of piperidine rings is 1. The molecule has 0 bridgehead atoms. The predicted molar refractivity (Wildman–Crippen MR) is 83.1 cm³/mol. The maximum absolute atomic E-state index is 10.8. The van der Waals surface area contributed by atoms with Gasteiger partial charge in [0.15, 0.2) is 5.82 Å². The zero-order valence-corrected chi connectivity index (χ0v) is 13.3. The van der Waals surface area contributed by atoms with Gasteiger partial charge in [-0.1, -0.05) is 0 Å². The first kappa shape index (κ1) is 15.7. The van der Waals surface area contributed by atoms with Gasteiger partial charge in [0.05, 0.1) is 6.54 Å². The molecular weight excluding hydrogens is 296 g/mol. The summed E-state index contributed by atoms with van der Waals surface area (Å²) in [5, 5.41) is 21.9. The first-order valence-corrected chi connectivity index (χ1v) is 8.01. The van der Waals surface area contributed by atoms with Gasteiger partial charge >= 0.3 is 5.97 Å². The summed E-state index contributed by atoms with van der Waals surface area (Å²) in [6, 6.07) is 1.89. The minimum absolute atomic E-state index is 0.123. The highest BCUT2D eigenvalue weighted by Gasteiger charge is 2.26. The molecule has 3 rings (SSSR count). The molecule has 8 heteroatoms. The van der Waals surface area contributed by atoms with Crippen LogP contribution >= 0.6 is 0 Å². The second-order valence-electron chi connectivity index (χ2n) is 5.87. The highest BCUT2D eigenvalue weighted by molar-refractivity contribution is 5.69. The SMILES string of the molecule is CCn1c(Cn2cccn2)nnc1C1CCN(CC(=O)O)CC1. The van der Waals surface area contributed by atoms with Gasteiger partial charge in [-0.25, -0.2) is 0 Å². The maximum Gasteiger partial charge on any atom is 0.317 e.